The van der Waals surface area contributed by atoms with Gasteiger partial charge in [-0.15, -0.1) is 0 Å². The molecule has 0 aliphatic carbocycles. The summed E-state index contributed by atoms with van der Waals surface area (Å²) in [6, 6.07) is 10.6. The van der Waals surface area contributed by atoms with Gasteiger partial charge in [-0.2, -0.15) is 0 Å². The van der Waals surface area contributed by atoms with Gasteiger partial charge in [-0.3, -0.25) is 30.6 Å². The molecule has 30 heavy (non-hydrogen) atoms. The summed E-state index contributed by atoms with van der Waals surface area (Å²) in [5, 5.41) is 11.0. The van der Waals surface area contributed by atoms with Crippen molar-refractivity contribution in [2.24, 2.45) is 5.92 Å². The molecule has 160 valence electrons. The Morgan fingerprint density at radius 1 is 1.10 bits per heavy atom. The van der Waals surface area contributed by atoms with Gasteiger partial charge in [0.05, 0.1) is 25.1 Å². The maximum Gasteiger partial charge on any atom is 0.273 e. The highest BCUT2D eigenvalue weighted by molar-refractivity contribution is 5.96. The first-order valence-electron chi connectivity index (χ1n) is 9.44. The standard InChI is InChI=1S/C21H25N3O6/c1-14(2)10-11-30-18-9-8-16(12-19(18)29-3)21(26)23-22-20(25)13-15-6-4-5-7-17(15)24(27)28/h4-9,12,14H,10-11,13H2,1-3H3,(H,22,25)(H,23,26). The van der Waals surface area contributed by atoms with E-state index in [0.717, 1.165) is 6.42 Å². The van der Waals surface area contributed by atoms with Gasteiger partial charge < -0.3 is 9.47 Å². The largest absolute Gasteiger partial charge is 0.493 e. The highest BCUT2D eigenvalue weighted by Crippen LogP contribution is 2.28. The fourth-order valence-corrected chi connectivity index (χ4v) is 2.59. The second kappa shape index (κ2) is 10.8. The van der Waals surface area contributed by atoms with E-state index in [9.17, 15) is 19.7 Å². The van der Waals surface area contributed by atoms with E-state index >= 15 is 0 Å². The van der Waals surface area contributed by atoms with Crippen LogP contribution in [0.5, 0.6) is 11.5 Å². The Bertz CT molecular complexity index is 913. The SMILES string of the molecule is COc1cc(C(=O)NNC(=O)Cc2ccccc2[N+](=O)[O-])ccc1OCCC(C)C. The van der Waals surface area contributed by atoms with Gasteiger partial charge in [0.1, 0.15) is 0 Å². The first-order valence-corrected chi connectivity index (χ1v) is 9.44. The van der Waals surface area contributed by atoms with Crippen molar-refractivity contribution in [1.29, 1.82) is 0 Å². The Labute approximate surface area is 174 Å². The van der Waals surface area contributed by atoms with Crippen molar-refractivity contribution in [3.63, 3.8) is 0 Å². The van der Waals surface area contributed by atoms with Crippen molar-refractivity contribution in [2.75, 3.05) is 13.7 Å². The number of nitrogens with one attached hydrogen (secondary N) is 2. The molecule has 0 fully saturated rings. The van der Waals surface area contributed by atoms with Crippen molar-refractivity contribution in [2.45, 2.75) is 26.7 Å². The molecular formula is C21H25N3O6. The third-order valence-electron chi connectivity index (χ3n) is 4.23. The molecule has 0 heterocycles. The molecule has 0 aliphatic heterocycles. The summed E-state index contributed by atoms with van der Waals surface area (Å²) in [5.41, 5.74) is 4.90. The average Bonchev–Trinajstić information content (AvgIpc) is 2.72. The monoisotopic (exact) mass is 415 g/mol. The van der Waals surface area contributed by atoms with E-state index < -0.39 is 16.7 Å². The highest BCUT2D eigenvalue weighted by Gasteiger charge is 2.17. The van der Waals surface area contributed by atoms with E-state index in [-0.39, 0.29) is 23.2 Å². The Morgan fingerprint density at radius 3 is 2.50 bits per heavy atom. The van der Waals surface area contributed by atoms with Gasteiger partial charge in [-0.05, 0) is 30.5 Å². The summed E-state index contributed by atoms with van der Waals surface area (Å²) in [5.74, 6) is 0.283. The number of rotatable bonds is 9. The van der Waals surface area contributed by atoms with E-state index in [1.807, 2.05) is 0 Å². The Kier molecular flexibility index (Phi) is 8.16. The molecule has 2 amide bonds. The number of hydrazine groups is 1. The molecule has 2 N–H and O–H groups in total. The van der Waals surface area contributed by atoms with Crippen LogP contribution in [0.2, 0.25) is 0 Å². The minimum absolute atomic E-state index is 0.156. The molecule has 2 rings (SSSR count). The molecule has 0 spiro atoms. The lowest BCUT2D eigenvalue weighted by Gasteiger charge is -2.13. The first-order chi connectivity index (χ1) is 14.3. The minimum Gasteiger partial charge on any atom is -0.493 e. The number of amides is 2. The number of hydrogen-bond acceptors (Lipinski definition) is 6. The molecule has 9 nitrogen and oxygen atoms in total. The number of methoxy groups -OCH3 is 1. The number of carbonyl (C=O) groups is 2. The quantitative estimate of drug-likeness (QED) is 0.480. The molecule has 0 saturated heterocycles. The summed E-state index contributed by atoms with van der Waals surface area (Å²) in [6.45, 7) is 4.72. The van der Waals surface area contributed by atoms with Gasteiger partial charge in [-0.1, -0.05) is 32.0 Å². The van der Waals surface area contributed by atoms with Crippen LogP contribution in [0, 0.1) is 16.0 Å². The number of benzene rings is 2. The van der Waals surface area contributed by atoms with E-state index in [1.54, 1.807) is 18.2 Å². The van der Waals surface area contributed by atoms with Gasteiger partial charge >= 0.3 is 0 Å². The number of ether oxygens (including phenoxy) is 2. The lowest BCUT2D eigenvalue weighted by molar-refractivity contribution is -0.385. The van der Waals surface area contributed by atoms with Gasteiger partial charge in [0.2, 0.25) is 5.91 Å². The predicted molar refractivity (Wildman–Crippen MR) is 110 cm³/mol. The van der Waals surface area contributed by atoms with Crippen molar-refractivity contribution in [1.82, 2.24) is 10.9 Å². The lowest BCUT2D eigenvalue weighted by atomic mass is 10.1. The molecule has 0 bridgehead atoms. The van der Waals surface area contributed by atoms with Crippen LogP contribution in [-0.4, -0.2) is 30.5 Å². The van der Waals surface area contributed by atoms with Crippen LogP contribution in [0.1, 0.15) is 36.2 Å². The first kappa shape index (κ1) is 22.7. The highest BCUT2D eigenvalue weighted by atomic mass is 16.6. The number of nitro benzene ring substituents is 1. The number of carbonyl (C=O) groups excluding carboxylic acids is 2. The normalized spacial score (nSPS) is 10.4. The van der Waals surface area contributed by atoms with Crippen molar-refractivity contribution in [3.8, 4) is 11.5 Å². The zero-order valence-electron chi connectivity index (χ0n) is 17.1. The van der Waals surface area contributed by atoms with Gasteiger partial charge in [0.25, 0.3) is 11.6 Å². The van der Waals surface area contributed by atoms with E-state index in [4.69, 9.17) is 9.47 Å². The van der Waals surface area contributed by atoms with Crippen LogP contribution in [0.3, 0.4) is 0 Å². The maximum atomic E-state index is 12.3. The van der Waals surface area contributed by atoms with Crippen LogP contribution in [-0.2, 0) is 11.2 Å². The van der Waals surface area contributed by atoms with Crippen LogP contribution in [0.25, 0.3) is 0 Å². The van der Waals surface area contributed by atoms with Crippen LogP contribution >= 0.6 is 0 Å². The topological polar surface area (TPSA) is 120 Å². The molecule has 0 aliphatic rings. The van der Waals surface area contributed by atoms with Gasteiger partial charge in [0, 0.05) is 17.2 Å². The fraction of sp³-hybridized carbons (Fsp3) is 0.333. The summed E-state index contributed by atoms with van der Waals surface area (Å²) in [4.78, 5) is 34.9. The molecular weight excluding hydrogens is 390 g/mol. The van der Waals surface area contributed by atoms with Gasteiger partial charge in [-0.25, -0.2) is 0 Å². The number of hydrogen-bond donors (Lipinski definition) is 2. The zero-order chi connectivity index (χ0) is 22.1. The third-order valence-corrected chi connectivity index (χ3v) is 4.23. The number of nitro groups is 1. The smallest absolute Gasteiger partial charge is 0.273 e. The van der Waals surface area contributed by atoms with E-state index in [0.29, 0.717) is 24.0 Å². The van der Waals surface area contributed by atoms with Gasteiger partial charge in [0.15, 0.2) is 11.5 Å². The molecule has 0 aromatic heterocycles. The average molecular weight is 415 g/mol. The molecule has 0 unspecified atom stereocenters. The molecule has 2 aromatic carbocycles. The van der Waals surface area contributed by atoms with Crippen molar-refractivity contribution < 1.29 is 24.0 Å². The van der Waals surface area contributed by atoms with Crippen LogP contribution in [0.4, 0.5) is 5.69 Å². The number of nitrogens with zero attached hydrogens (tertiary/aromatic N) is 1. The minimum atomic E-state index is -0.585. The summed E-state index contributed by atoms with van der Waals surface area (Å²) in [7, 11) is 1.47. The van der Waals surface area contributed by atoms with Crippen LogP contribution < -0.4 is 20.3 Å². The Morgan fingerprint density at radius 2 is 1.83 bits per heavy atom. The maximum absolute atomic E-state index is 12.3. The zero-order valence-corrected chi connectivity index (χ0v) is 17.1. The number of para-hydroxylation sites is 1. The summed E-state index contributed by atoms with van der Waals surface area (Å²) >= 11 is 0. The second-order valence-corrected chi connectivity index (χ2v) is 6.96. The molecule has 2 aromatic rings. The third kappa shape index (κ3) is 6.47. The predicted octanol–water partition coefficient (Wildman–Crippen LogP) is 3.03. The summed E-state index contributed by atoms with van der Waals surface area (Å²) < 4.78 is 11.0. The summed E-state index contributed by atoms with van der Waals surface area (Å²) in [6.07, 6.45) is 0.639. The second-order valence-electron chi connectivity index (χ2n) is 6.96. The lowest BCUT2D eigenvalue weighted by Crippen LogP contribution is -2.42. The van der Waals surface area contributed by atoms with Crippen molar-refractivity contribution >= 4 is 17.5 Å². The van der Waals surface area contributed by atoms with Crippen molar-refractivity contribution in [3.05, 3.63) is 63.7 Å². The molecule has 0 saturated carbocycles. The molecule has 0 atom stereocenters. The van der Waals surface area contributed by atoms with E-state index in [1.165, 1.54) is 31.4 Å². The Balaban J connectivity index is 1.96. The van der Waals surface area contributed by atoms with Crippen LogP contribution in [0.15, 0.2) is 42.5 Å². The fourth-order valence-electron chi connectivity index (χ4n) is 2.59. The molecule has 9 heteroatoms. The molecule has 0 radical (unpaired) electrons. The van der Waals surface area contributed by atoms with E-state index in [2.05, 4.69) is 24.7 Å². The Hall–Kier alpha value is -3.62.